The summed E-state index contributed by atoms with van der Waals surface area (Å²) in [5.74, 6) is -4.35. The first-order valence-electron chi connectivity index (χ1n) is 4.87. The van der Waals surface area contributed by atoms with Gasteiger partial charge >= 0.3 is 11.9 Å². The second kappa shape index (κ2) is 6.96. The molecular weight excluding hydrogens is 266 g/mol. The summed E-state index contributed by atoms with van der Waals surface area (Å²) in [6.07, 6.45) is -8.69. The van der Waals surface area contributed by atoms with Gasteiger partial charge in [-0.25, -0.2) is 4.79 Å². The quantitative estimate of drug-likeness (QED) is 0.128. The van der Waals surface area contributed by atoms with Crippen molar-refractivity contribution >= 4 is 17.8 Å². The summed E-state index contributed by atoms with van der Waals surface area (Å²) in [5.41, 5.74) is 5.27. The Labute approximate surface area is 106 Å². The molecule has 0 aromatic heterocycles. The average Bonchev–Trinajstić information content (AvgIpc) is 2.31. The van der Waals surface area contributed by atoms with Crippen molar-refractivity contribution in [3.63, 3.8) is 0 Å². The molecule has 0 aromatic rings. The van der Waals surface area contributed by atoms with Crippen molar-refractivity contribution in [2.24, 2.45) is 5.73 Å². The van der Waals surface area contributed by atoms with E-state index >= 15 is 0 Å². The number of aliphatic hydroxyl groups is 4. The fraction of sp³-hybridized carbons (Fsp3) is 0.625. The Morgan fingerprint density at radius 2 is 1.58 bits per heavy atom. The van der Waals surface area contributed by atoms with E-state index in [1.54, 1.807) is 0 Å². The summed E-state index contributed by atoms with van der Waals surface area (Å²) in [5, 5.41) is 60.2. The van der Waals surface area contributed by atoms with E-state index in [1.165, 1.54) is 0 Å². The van der Waals surface area contributed by atoms with Crippen LogP contribution in [-0.2, 0) is 9.59 Å². The lowest BCUT2D eigenvalue weighted by molar-refractivity contribution is -0.151. The van der Waals surface area contributed by atoms with Gasteiger partial charge in [0.15, 0.2) is 18.5 Å². The number of hydrogen-bond donors (Lipinski definition) is 8. The fourth-order valence-electron chi connectivity index (χ4n) is 1.12. The van der Waals surface area contributed by atoms with E-state index in [1.807, 2.05) is 0 Å². The molecule has 110 valence electrons. The van der Waals surface area contributed by atoms with E-state index in [9.17, 15) is 19.8 Å². The van der Waals surface area contributed by atoms with Crippen LogP contribution in [-0.4, -0.2) is 84.5 Å². The van der Waals surface area contributed by atoms with Crippen LogP contribution in [0.2, 0.25) is 0 Å². The standard InChI is InChI=1S/C8H15N3O8/c9-5(3(14)7(16)17)11(1-2(12)13)6(10)4(15)8(18)19/h3-5,8,10,14-15,18-19H,1,9H2,(H,12,13)(H,16,17). The maximum atomic E-state index is 10.6. The molecule has 11 nitrogen and oxygen atoms in total. The molecule has 0 heterocycles. The number of carbonyl (C=O) groups is 2. The van der Waals surface area contributed by atoms with Crippen LogP contribution in [0.3, 0.4) is 0 Å². The molecule has 0 aromatic carbocycles. The number of aliphatic hydroxyl groups excluding tert-OH is 3. The van der Waals surface area contributed by atoms with E-state index in [0.717, 1.165) is 0 Å². The Morgan fingerprint density at radius 1 is 1.11 bits per heavy atom. The summed E-state index contributed by atoms with van der Waals surface area (Å²) >= 11 is 0. The maximum Gasteiger partial charge on any atom is 0.336 e. The normalized spacial score (nSPS) is 15.7. The number of aliphatic carboxylic acids is 2. The van der Waals surface area contributed by atoms with Crippen LogP contribution in [0.4, 0.5) is 0 Å². The molecule has 0 saturated heterocycles. The first-order chi connectivity index (χ1) is 8.59. The number of nitrogens with two attached hydrogens (primary N) is 1. The minimum Gasteiger partial charge on any atom is -0.480 e. The van der Waals surface area contributed by atoms with Crippen LogP contribution in [0.25, 0.3) is 0 Å². The zero-order valence-electron chi connectivity index (χ0n) is 9.54. The Morgan fingerprint density at radius 3 is 1.89 bits per heavy atom. The number of carboxylic acids is 2. The molecule has 0 saturated carbocycles. The van der Waals surface area contributed by atoms with Gasteiger partial charge in [-0.1, -0.05) is 0 Å². The van der Waals surface area contributed by atoms with E-state index in [4.69, 9.17) is 31.6 Å². The van der Waals surface area contributed by atoms with Gasteiger partial charge in [0.05, 0.1) is 0 Å². The molecule has 3 unspecified atom stereocenters. The van der Waals surface area contributed by atoms with E-state index in [2.05, 4.69) is 0 Å². The molecule has 11 heteroatoms. The minimum absolute atomic E-state index is 0.325. The Kier molecular flexibility index (Phi) is 6.31. The van der Waals surface area contributed by atoms with Gasteiger partial charge < -0.3 is 41.3 Å². The summed E-state index contributed by atoms with van der Waals surface area (Å²) in [6, 6.07) is 0. The lowest BCUT2D eigenvalue weighted by Gasteiger charge is -2.33. The van der Waals surface area contributed by atoms with Crippen molar-refractivity contribution < 1.29 is 40.2 Å². The molecule has 0 amide bonds. The Balaban J connectivity index is 5.15. The van der Waals surface area contributed by atoms with Gasteiger partial charge in [-0.15, -0.1) is 0 Å². The second-order valence-corrected chi connectivity index (χ2v) is 3.54. The summed E-state index contributed by atoms with van der Waals surface area (Å²) in [6.45, 7) is -1.02. The summed E-state index contributed by atoms with van der Waals surface area (Å²) in [7, 11) is 0. The third kappa shape index (κ3) is 4.76. The van der Waals surface area contributed by atoms with Crippen LogP contribution in [0.1, 0.15) is 0 Å². The highest BCUT2D eigenvalue weighted by molar-refractivity contribution is 5.88. The summed E-state index contributed by atoms with van der Waals surface area (Å²) < 4.78 is 0. The number of nitrogens with zero attached hydrogens (tertiary/aromatic N) is 1. The lowest BCUT2D eigenvalue weighted by atomic mass is 10.2. The van der Waals surface area contributed by atoms with E-state index < -0.39 is 49.0 Å². The largest absolute Gasteiger partial charge is 0.480 e. The Bertz CT molecular complexity index is 360. The molecular formula is C8H15N3O8. The van der Waals surface area contributed by atoms with Crippen molar-refractivity contribution in [2.75, 3.05) is 6.54 Å². The van der Waals surface area contributed by atoms with Crippen LogP contribution < -0.4 is 5.73 Å². The molecule has 19 heavy (non-hydrogen) atoms. The van der Waals surface area contributed by atoms with Gasteiger partial charge in [-0.2, -0.15) is 0 Å². The molecule has 0 aliphatic carbocycles. The van der Waals surface area contributed by atoms with Gasteiger partial charge in [-0.05, 0) is 0 Å². The molecule has 0 spiro atoms. The highest BCUT2D eigenvalue weighted by Gasteiger charge is 2.34. The molecule has 0 radical (unpaired) electrons. The molecule has 3 atom stereocenters. The van der Waals surface area contributed by atoms with Crippen LogP contribution in [0.15, 0.2) is 0 Å². The van der Waals surface area contributed by atoms with Crippen molar-refractivity contribution in [3.8, 4) is 0 Å². The third-order valence-corrected chi connectivity index (χ3v) is 2.11. The SMILES string of the molecule is N=C(C(O)C(O)O)N(CC(=O)O)C(N)C(O)C(=O)O. The van der Waals surface area contributed by atoms with Crippen LogP contribution in [0.5, 0.6) is 0 Å². The van der Waals surface area contributed by atoms with E-state index in [0.29, 0.717) is 4.90 Å². The number of amidine groups is 1. The van der Waals surface area contributed by atoms with Crippen LogP contribution in [0, 0.1) is 5.41 Å². The van der Waals surface area contributed by atoms with Crippen molar-refractivity contribution in [2.45, 2.75) is 24.7 Å². The maximum absolute atomic E-state index is 10.6. The first-order valence-corrected chi connectivity index (χ1v) is 4.87. The van der Waals surface area contributed by atoms with Gasteiger partial charge in [-0.3, -0.25) is 10.2 Å². The molecule has 9 N–H and O–H groups in total. The monoisotopic (exact) mass is 281 g/mol. The predicted molar refractivity (Wildman–Crippen MR) is 57.9 cm³/mol. The molecule has 0 fully saturated rings. The van der Waals surface area contributed by atoms with E-state index in [-0.39, 0.29) is 0 Å². The molecule has 0 rings (SSSR count). The van der Waals surface area contributed by atoms with Crippen molar-refractivity contribution in [3.05, 3.63) is 0 Å². The number of carboxylic acid groups (broad SMARTS) is 2. The minimum atomic E-state index is -2.39. The molecule has 0 aliphatic rings. The second-order valence-electron chi connectivity index (χ2n) is 3.54. The lowest BCUT2D eigenvalue weighted by Crippen LogP contribution is -2.59. The van der Waals surface area contributed by atoms with Crippen molar-refractivity contribution in [1.82, 2.24) is 4.90 Å². The zero-order valence-corrected chi connectivity index (χ0v) is 9.54. The summed E-state index contributed by atoms with van der Waals surface area (Å²) in [4.78, 5) is 21.4. The average molecular weight is 281 g/mol. The molecule has 0 aliphatic heterocycles. The highest BCUT2D eigenvalue weighted by atomic mass is 16.5. The number of rotatable bonds is 7. The Hall–Kier alpha value is -1.79. The van der Waals surface area contributed by atoms with Gasteiger partial charge in [0.2, 0.25) is 0 Å². The smallest absolute Gasteiger partial charge is 0.336 e. The highest BCUT2D eigenvalue weighted by Crippen LogP contribution is 2.06. The number of hydrogen-bond acceptors (Lipinski definition) is 8. The fourth-order valence-corrected chi connectivity index (χ4v) is 1.12. The predicted octanol–water partition coefficient (Wildman–Crippen LogP) is -4.25. The number of nitrogens with one attached hydrogen (secondary N) is 1. The topological polar surface area (TPSA) is 209 Å². The van der Waals surface area contributed by atoms with Crippen molar-refractivity contribution in [1.29, 1.82) is 5.41 Å². The van der Waals surface area contributed by atoms with Crippen LogP contribution >= 0.6 is 0 Å². The van der Waals surface area contributed by atoms with Gasteiger partial charge in [0, 0.05) is 0 Å². The van der Waals surface area contributed by atoms with Gasteiger partial charge in [0.25, 0.3) is 0 Å². The molecule has 0 bridgehead atoms. The van der Waals surface area contributed by atoms with Gasteiger partial charge in [0.1, 0.15) is 18.5 Å². The first kappa shape index (κ1) is 17.2. The third-order valence-electron chi connectivity index (χ3n) is 2.11. The zero-order chi connectivity index (χ0) is 15.3.